The van der Waals surface area contributed by atoms with Gasteiger partial charge in [-0.25, -0.2) is 4.98 Å². The summed E-state index contributed by atoms with van der Waals surface area (Å²) >= 11 is 0. The van der Waals surface area contributed by atoms with Crippen molar-refractivity contribution in [2.24, 2.45) is 5.73 Å². The van der Waals surface area contributed by atoms with Gasteiger partial charge in [0.25, 0.3) is 5.91 Å². The SMILES string of the molecule is NC(=O)c1cnc(N2CCC[C@@H](O)C2)nn1. The number of primary amides is 1. The average Bonchev–Trinajstić information content (AvgIpc) is 2.29. The van der Waals surface area contributed by atoms with Gasteiger partial charge >= 0.3 is 0 Å². The zero-order valence-electron chi connectivity index (χ0n) is 8.70. The third kappa shape index (κ3) is 2.25. The van der Waals surface area contributed by atoms with Crippen molar-refractivity contribution in [3.05, 3.63) is 11.9 Å². The van der Waals surface area contributed by atoms with E-state index in [0.717, 1.165) is 19.4 Å². The molecule has 1 fully saturated rings. The maximum atomic E-state index is 10.8. The highest BCUT2D eigenvalue weighted by Gasteiger charge is 2.20. The van der Waals surface area contributed by atoms with Crippen LogP contribution in [0.2, 0.25) is 0 Å². The van der Waals surface area contributed by atoms with Crippen molar-refractivity contribution in [1.82, 2.24) is 15.2 Å². The van der Waals surface area contributed by atoms with E-state index in [-0.39, 0.29) is 11.8 Å². The predicted molar refractivity (Wildman–Crippen MR) is 55.8 cm³/mol. The fourth-order valence-electron chi connectivity index (χ4n) is 1.66. The molecule has 1 aromatic heterocycles. The van der Waals surface area contributed by atoms with E-state index in [9.17, 15) is 9.90 Å². The topological polar surface area (TPSA) is 105 Å². The normalized spacial score (nSPS) is 20.8. The van der Waals surface area contributed by atoms with Crippen molar-refractivity contribution in [3.63, 3.8) is 0 Å². The van der Waals surface area contributed by atoms with Gasteiger partial charge in [0, 0.05) is 13.1 Å². The molecule has 2 rings (SSSR count). The number of nitrogens with two attached hydrogens (primary N) is 1. The van der Waals surface area contributed by atoms with Crippen LogP contribution in [0.4, 0.5) is 5.95 Å². The number of aliphatic hydroxyl groups is 1. The number of carbonyl (C=O) groups excluding carboxylic acids is 1. The van der Waals surface area contributed by atoms with Crippen molar-refractivity contribution in [2.75, 3.05) is 18.0 Å². The second-order valence-corrected chi connectivity index (χ2v) is 3.75. The van der Waals surface area contributed by atoms with Crippen molar-refractivity contribution in [1.29, 1.82) is 0 Å². The van der Waals surface area contributed by atoms with E-state index in [1.165, 1.54) is 6.20 Å². The zero-order chi connectivity index (χ0) is 11.5. The van der Waals surface area contributed by atoms with Crippen LogP contribution in [0, 0.1) is 0 Å². The summed E-state index contributed by atoms with van der Waals surface area (Å²) in [6, 6.07) is 0. The molecule has 0 unspecified atom stereocenters. The number of aliphatic hydroxyl groups excluding tert-OH is 1. The van der Waals surface area contributed by atoms with E-state index in [2.05, 4.69) is 15.2 Å². The molecule has 7 nitrogen and oxygen atoms in total. The first-order valence-corrected chi connectivity index (χ1v) is 5.09. The fraction of sp³-hybridized carbons (Fsp3) is 0.556. The molecule has 1 amide bonds. The Bertz CT molecular complexity index is 380. The number of nitrogens with zero attached hydrogens (tertiary/aromatic N) is 4. The van der Waals surface area contributed by atoms with Crippen molar-refractivity contribution in [2.45, 2.75) is 18.9 Å². The van der Waals surface area contributed by atoms with Crippen LogP contribution < -0.4 is 10.6 Å². The van der Waals surface area contributed by atoms with Gasteiger partial charge in [-0.2, -0.15) is 0 Å². The molecule has 3 N–H and O–H groups in total. The Labute approximate surface area is 92.3 Å². The average molecular weight is 223 g/mol. The predicted octanol–water partition coefficient (Wildman–Crippen LogP) is -1.07. The Morgan fingerprint density at radius 2 is 2.38 bits per heavy atom. The highest BCUT2D eigenvalue weighted by molar-refractivity contribution is 5.90. The van der Waals surface area contributed by atoms with Crippen LogP contribution in [0.1, 0.15) is 23.3 Å². The summed E-state index contributed by atoms with van der Waals surface area (Å²) in [6.07, 6.45) is 2.63. The van der Waals surface area contributed by atoms with Crippen molar-refractivity contribution < 1.29 is 9.90 Å². The highest BCUT2D eigenvalue weighted by Crippen LogP contribution is 2.14. The lowest BCUT2D eigenvalue weighted by atomic mass is 10.1. The van der Waals surface area contributed by atoms with Crippen molar-refractivity contribution in [3.8, 4) is 0 Å². The van der Waals surface area contributed by atoms with E-state index < -0.39 is 5.91 Å². The van der Waals surface area contributed by atoms with Gasteiger partial charge in [0.05, 0.1) is 12.3 Å². The summed E-state index contributed by atoms with van der Waals surface area (Å²) in [5, 5.41) is 17.0. The largest absolute Gasteiger partial charge is 0.391 e. The van der Waals surface area contributed by atoms with Gasteiger partial charge in [-0.05, 0) is 12.8 Å². The van der Waals surface area contributed by atoms with Gasteiger partial charge in [-0.3, -0.25) is 4.79 Å². The molecule has 2 heterocycles. The van der Waals surface area contributed by atoms with E-state index in [1.54, 1.807) is 0 Å². The van der Waals surface area contributed by atoms with E-state index >= 15 is 0 Å². The smallest absolute Gasteiger partial charge is 0.270 e. The Morgan fingerprint density at radius 3 is 2.94 bits per heavy atom. The number of amides is 1. The summed E-state index contributed by atoms with van der Waals surface area (Å²) in [4.78, 5) is 16.6. The monoisotopic (exact) mass is 223 g/mol. The molecule has 1 saturated heterocycles. The number of anilines is 1. The lowest BCUT2D eigenvalue weighted by Crippen LogP contribution is -2.39. The molecule has 7 heteroatoms. The molecule has 0 saturated carbocycles. The fourth-order valence-corrected chi connectivity index (χ4v) is 1.66. The molecule has 1 aliphatic rings. The molecular weight excluding hydrogens is 210 g/mol. The van der Waals surface area contributed by atoms with E-state index in [0.29, 0.717) is 12.5 Å². The third-order valence-electron chi connectivity index (χ3n) is 2.48. The van der Waals surface area contributed by atoms with Crippen LogP contribution in [0.5, 0.6) is 0 Å². The lowest BCUT2D eigenvalue weighted by molar-refractivity contribution is 0.0994. The Morgan fingerprint density at radius 1 is 1.56 bits per heavy atom. The first kappa shape index (κ1) is 10.7. The number of hydrogen-bond donors (Lipinski definition) is 2. The molecular formula is C9H13N5O2. The van der Waals surface area contributed by atoms with Crippen LogP contribution in [-0.2, 0) is 0 Å². The first-order valence-electron chi connectivity index (χ1n) is 5.09. The van der Waals surface area contributed by atoms with Gasteiger partial charge in [0.15, 0.2) is 5.69 Å². The number of rotatable bonds is 2. The van der Waals surface area contributed by atoms with Crippen molar-refractivity contribution >= 4 is 11.9 Å². The zero-order valence-corrected chi connectivity index (χ0v) is 8.70. The van der Waals surface area contributed by atoms with Gasteiger partial charge < -0.3 is 15.7 Å². The lowest BCUT2D eigenvalue weighted by Gasteiger charge is -2.29. The summed E-state index contributed by atoms with van der Waals surface area (Å²) in [5.41, 5.74) is 5.07. The Kier molecular flexibility index (Phi) is 2.95. The van der Waals surface area contributed by atoms with Gasteiger partial charge in [-0.15, -0.1) is 10.2 Å². The van der Waals surface area contributed by atoms with E-state index in [4.69, 9.17) is 5.73 Å². The summed E-state index contributed by atoms with van der Waals surface area (Å²) in [6.45, 7) is 1.28. The standard InChI is InChI=1S/C9H13N5O2/c10-8(16)7-4-11-9(13-12-7)14-3-1-2-6(15)5-14/h4,6,15H,1-3,5H2,(H2,10,16)/t6-/m1/s1. The summed E-state index contributed by atoms with van der Waals surface area (Å²) in [7, 11) is 0. The number of piperidine rings is 1. The molecule has 1 aliphatic heterocycles. The Balaban J connectivity index is 2.11. The third-order valence-corrected chi connectivity index (χ3v) is 2.48. The molecule has 1 aromatic rings. The highest BCUT2D eigenvalue weighted by atomic mass is 16.3. The van der Waals surface area contributed by atoms with Crippen LogP contribution >= 0.6 is 0 Å². The van der Waals surface area contributed by atoms with Crippen LogP contribution in [0.25, 0.3) is 0 Å². The molecule has 16 heavy (non-hydrogen) atoms. The quantitative estimate of drug-likeness (QED) is 0.661. The van der Waals surface area contributed by atoms with Crippen LogP contribution in [0.15, 0.2) is 6.20 Å². The molecule has 1 atom stereocenters. The minimum Gasteiger partial charge on any atom is -0.391 e. The van der Waals surface area contributed by atoms with Crippen LogP contribution in [0.3, 0.4) is 0 Å². The number of β-amino-alcohol motifs (C(OH)–C–C–N with tert-alkyl or cyclic N) is 1. The minimum atomic E-state index is -0.648. The second-order valence-electron chi connectivity index (χ2n) is 3.75. The molecule has 0 aromatic carbocycles. The van der Waals surface area contributed by atoms with Gasteiger partial charge in [0.1, 0.15) is 0 Å². The number of aromatic nitrogens is 3. The Hall–Kier alpha value is -1.76. The number of hydrogen-bond acceptors (Lipinski definition) is 6. The maximum absolute atomic E-state index is 10.8. The summed E-state index contributed by atoms with van der Waals surface area (Å²) in [5.74, 6) is -0.228. The molecule has 0 spiro atoms. The molecule has 86 valence electrons. The van der Waals surface area contributed by atoms with Gasteiger partial charge in [0.2, 0.25) is 5.95 Å². The van der Waals surface area contributed by atoms with Crippen LogP contribution in [-0.4, -0.2) is 45.4 Å². The second kappa shape index (κ2) is 4.40. The molecule has 0 radical (unpaired) electrons. The van der Waals surface area contributed by atoms with E-state index in [1.807, 2.05) is 4.90 Å². The maximum Gasteiger partial charge on any atom is 0.270 e. The molecule has 0 bridgehead atoms. The minimum absolute atomic E-state index is 0.0429. The van der Waals surface area contributed by atoms with Gasteiger partial charge in [-0.1, -0.05) is 0 Å². The summed E-state index contributed by atoms with van der Waals surface area (Å²) < 4.78 is 0. The first-order chi connectivity index (χ1) is 7.66. The number of carbonyl (C=O) groups is 1. The molecule has 0 aliphatic carbocycles.